The number of rotatable bonds is 1. The highest BCUT2D eigenvalue weighted by molar-refractivity contribution is 4.87. The maximum absolute atomic E-state index is 9.58. The van der Waals surface area contributed by atoms with Crippen molar-refractivity contribution in [3.05, 3.63) is 0 Å². The first-order valence-corrected chi connectivity index (χ1v) is 4.18. The molecule has 0 bridgehead atoms. The molecule has 66 valence electrons. The van der Waals surface area contributed by atoms with E-state index in [2.05, 4.69) is 5.32 Å². The van der Waals surface area contributed by atoms with Crippen molar-refractivity contribution in [2.24, 2.45) is 5.92 Å². The van der Waals surface area contributed by atoms with E-state index in [4.69, 9.17) is 0 Å². The SMILES string of the molecule is CNC1C[C@H](O)CC(C)C1O. The van der Waals surface area contributed by atoms with Crippen molar-refractivity contribution in [3.63, 3.8) is 0 Å². The van der Waals surface area contributed by atoms with E-state index in [1.54, 1.807) is 0 Å². The van der Waals surface area contributed by atoms with Crippen molar-refractivity contribution in [2.75, 3.05) is 7.05 Å². The van der Waals surface area contributed by atoms with E-state index in [9.17, 15) is 10.2 Å². The molecule has 0 spiro atoms. The third-order valence-corrected chi connectivity index (χ3v) is 2.54. The van der Waals surface area contributed by atoms with Crippen LogP contribution in [0.25, 0.3) is 0 Å². The lowest BCUT2D eigenvalue weighted by Crippen LogP contribution is -2.48. The number of aliphatic hydroxyl groups is 2. The summed E-state index contributed by atoms with van der Waals surface area (Å²) in [6.45, 7) is 1.97. The van der Waals surface area contributed by atoms with Crippen LogP contribution in [-0.2, 0) is 0 Å². The highest BCUT2D eigenvalue weighted by atomic mass is 16.3. The Balaban J connectivity index is 2.51. The smallest absolute Gasteiger partial charge is 0.0720 e. The van der Waals surface area contributed by atoms with Gasteiger partial charge in [0.05, 0.1) is 12.2 Å². The number of hydrogen-bond acceptors (Lipinski definition) is 3. The summed E-state index contributed by atoms with van der Waals surface area (Å²) in [6, 6.07) is 0.0637. The van der Waals surface area contributed by atoms with Crippen molar-refractivity contribution in [2.45, 2.75) is 38.0 Å². The Bertz CT molecular complexity index is 129. The molecule has 0 aromatic rings. The molecule has 0 amide bonds. The van der Waals surface area contributed by atoms with Crippen molar-refractivity contribution in [1.29, 1.82) is 0 Å². The molecule has 1 rings (SSSR count). The summed E-state index contributed by atoms with van der Waals surface area (Å²) in [7, 11) is 1.82. The number of likely N-dealkylation sites (N-methyl/N-ethyl adjacent to an activating group) is 1. The van der Waals surface area contributed by atoms with Crippen molar-refractivity contribution < 1.29 is 10.2 Å². The summed E-state index contributed by atoms with van der Waals surface area (Å²) in [5, 5.41) is 21.9. The molecular weight excluding hydrogens is 142 g/mol. The van der Waals surface area contributed by atoms with Crippen LogP contribution in [0.5, 0.6) is 0 Å². The molecule has 0 aromatic heterocycles. The number of nitrogens with one attached hydrogen (secondary N) is 1. The van der Waals surface area contributed by atoms with Gasteiger partial charge in [0.25, 0.3) is 0 Å². The lowest BCUT2D eigenvalue weighted by molar-refractivity contribution is -0.00989. The Morgan fingerprint density at radius 1 is 1.27 bits per heavy atom. The average molecular weight is 159 g/mol. The first kappa shape index (κ1) is 8.97. The van der Waals surface area contributed by atoms with Gasteiger partial charge in [0.15, 0.2) is 0 Å². The van der Waals surface area contributed by atoms with E-state index in [1.807, 2.05) is 14.0 Å². The van der Waals surface area contributed by atoms with Gasteiger partial charge in [-0.1, -0.05) is 6.92 Å². The van der Waals surface area contributed by atoms with E-state index < -0.39 is 0 Å². The summed E-state index contributed by atoms with van der Waals surface area (Å²) in [6.07, 6.45) is 0.843. The molecule has 1 aliphatic carbocycles. The zero-order valence-corrected chi connectivity index (χ0v) is 7.12. The molecule has 0 radical (unpaired) electrons. The molecule has 1 fully saturated rings. The van der Waals surface area contributed by atoms with Crippen molar-refractivity contribution in [1.82, 2.24) is 5.32 Å². The highest BCUT2D eigenvalue weighted by Crippen LogP contribution is 2.24. The Morgan fingerprint density at radius 3 is 2.45 bits per heavy atom. The minimum Gasteiger partial charge on any atom is -0.393 e. The normalized spacial score (nSPS) is 45.8. The zero-order chi connectivity index (χ0) is 8.43. The Labute approximate surface area is 67.4 Å². The number of aliphatic hydroxyl groups excluding tert-OH is 2. The van der Waals surface area contributed by atoms with Crippen molar-refractivity contribution in [3.8, 4) is 0 Å². The molecule has 11 heavy (non-hydrogen) atoms. The zero-order valence-electron chi connectivity index (χ0n) is 7.12. The second-order valence-corrected chi connectivity index (χ2v) is 3.49. The van der Waals surface area contributed by atoms with Gasteiger partial charge in [0.2, 0.25) is 0 Å². The topological polar surface area (TPSA) is 52.5 Å². The van der Waals surface area contributed by atoms with Crippen LogP contribution in [0.3, 0.4) is 0 Å². The van der Waals surface area contributed by atoms with Crippen LogP contribution < -0.4 is 5.32 Å². The third kappa shape index (κ3) is 1.92. The van der Waals surface area contributed by atoms with Crippen LogP contribution in [0.15, 0.2) is 0 Å². The summed E-state index contributed by atoms with van der Waals surface area (Å²) in [5.41, 5.74) is 0. The van der Waals surface area contributed by atoms with E-state index in [0.29, 0.717) is 6.42 Å². The molecule has 3 heteroatoms. The first-order chi connectivity index (χ1) is 5.15. The maximum atomic E-state index is 9.58. The summed E-state index contributed by atoms with van der Waals surface area (Å²) >= 11 is 0. The quantitative estimate of drug-likeness (QED) is 0.493. The molecule has 0 heterocycles. The lowest BCUT2D eigenvalue weighted by Gasteiger charge is -2.35. The molecule has 0 aliphatic heterocycles. The van der Waals surface area contributed by atoms with Gasteiger partial charge in [0.1, 0.15) is 0 Å². The summed E-state index contributed by atoms with van der Waals surface area (Å²) in [5.74, 6) is 0.205. The third-order valence-electron chi connectivity index (χ3n) is 2.54. The molecule has 1 aliphatic rings. The molecule has 0 saturated heterocycles. The van der Waals surface area contributed by atoms with Gasteiger partial charge in [-0.25, -0.2) is 0 Å². The van der Waals surface area contributed by atoms with Crippen LogP contribution in [0.4, 0.5) is 0 Å². The van der Waals surface area contributed by atoms with E-state index in [0.717, 1.165) is 6.42 Å². The predicted molar refractivity (Wildman–Crippen MR) is 43.3 cm³/mol. The van der Waals surface area contributed by atoms with Crippen LogP contribution in [-0.4, -0.2) is 35.5 Å². The Hall–Kier alpha value is -0.120. The molecule has 3 nitrogen and oxygen atoms in total. The average Bonchev–Trinajstić information content (AvgIpc) is 1.96. The lowest BCUT2D eigenvalue weighted by atomic mass is 9.82. The molecule has 3 N–H and O–H groups in total. The highest BCUT2D eigenvalue weighted by Gasteiger charge is 2.32. The molecular formula is C8H17NO2. The fraction of sp³-hybridized carbons (Fsp3) is 1.00. The largest absolute Gasteiger partial charge is 0.393 e. The molecule has 3 unspecified atom stereocenters. The van der Waals surface area contributed by atoms with Gasteiger partial charge >= 0.3 is 0 Å². The monoisotopic (exact) mass is 159 g/mol. The standard InChI is InChI=1S/C8H17NO2/c1-5-3-6(10)4-7(9-2)8(5)11/h5-11H,3-4H2,1-2H3/t5?,6-,7?,8?/m1/s1. The first-order valence-electron chi connectivity index (χ1n) is 4.18. The molecule has 0 aromatic carbocycles. The minimum absolute atomic E-state index is 0.0637. The van der Waals surface area contributed by atoms with Gasteiger partial charge in [-0.3, -0.25) is 0 Å². The van der Waals surface area contributed by atoms with E-state index in [-0.39, 0.29) is 24.2 Å². The summed E-state index contributed by atoms with van der Waals surface area (Å²) in [4.78, 5) is 0. The van der Waals surface area contributed by atoms with E-state index in [1.165, 1.54) is 0 Å². The predicted octanol–water partition coefficient (Wildman–Crippen LogP) is -0.274. The van der Waals surface area contributed by atoms with Gasteiger partial charge in [0, 0.05) is 6.04 Å². The second kappa shape index (κ2) is 3.52. The van der Waals surface area contributed by atoms with Gasteiger partial charge in [-0.05, 0) is 25.8 Å². The Morgan fingerprint density at radius 2 is 1.91 bits per heavy atom. The summed E-state index contributed by atoms with van der Waals surface area (Å²) < 4.78 is 0. The van der Waals surface area contributed by atoms with Gasteiger partial charge < -0.3 is 15.5 Å². The second-order valence-electron chi connectivity index (χ2n) is 3.49. The fourth-order valence-electron chi connectivity index (χ4n) is 1.78. The van der Waals surface area contributed by atoms with Crippen molar-refractivity contribution >= 4 is 0 Å². The molecule has 4 atom stereocenters. The maximum Gasteiger partial charge on any atom is 0.0720 e. The number of hydrogen-bond donors (Lipinski definition) is 3. The van der Waals surface area contributed by atoms with Crippen LogP contribution >= 0.6 is 0 Å². The van der Waals surface area contributed by atoms with Crippen LogP contribution in [0, 0.1) is 5.92 Å². The fourth-order valence-corrected chi connectivity index (χ4v) is 1.78. The van der Waals surface area contributed by atoms with Gasteiger partial charge in [-0.15, -0.1) is 0 Å². The van der Waals surface area contributed by atoms with Crippen LogP contribution in [0.1, 0.15) is 19.8 Å². The van der Waals surface area contributed by atoms with E-state index >= 15 is 0 Å². The Kier molecular flexibility index (Phi) is 2.87. The molecule has 1 saturated carbocycles. The van der Waals surface area contributed by atoms with Crippen LogP contribution in [0.2, 0.25) is 0 Å². The van der Waals surface area contributed by atoms with Gasteiger partial charge in [-0.2, -0.15) is 0 Å². The minimum atomic E-state index is -0.302.